The van der Waals surface area contributed by atoms with E-state index in [9.17, 15) is 14.0 Å². The standard InChI is InChI=1S/C23H23FN4O3/c1-28(2)22-17(13-21(29)30)14-25-20(27-22)12-5-15-3-10-19(11-4-15)26-23(31)16-6-8-18(24)9-7-16/h3-4,6-11,14H,5,12-13H2,1-2H3,(H,26,31)(H,29,30). The van der Waals surface area contributed by atoms with E-state index in [1.165, 1.54) is 24.3 Å². The number of carboxylic acids is 1. The van der Waals surface area contributed by atoms with Crippen LogP contribution < -0.4 is 10.2 Å². The first-order valence-corrected chi connectivity index (χ1v) is 9.71. The van der Waals surface area contributed by atoms with E-state index in [-0.39, 0.29) is 18.1 Å². The van der Waals surface area contributed by atoms with Crippen LogP contribution in [0, 0.1) is 5.82 Å². The molecule has 0 aliphatic rings. The molecule has 7 nitrogen and oxygen atoms in total. The van der Waals surface area contributed by atoms with E-state index in [2.05, 4.69) is 15.3 Å². The highest BCUT2D eigenvalue weighted by Gasteiger charge is 2.12. The Morgan fingerprint density at radius 1 is 1.03 bits per heavy atom. The van der Waals surface area contributed by atoms with Crippen LogP contribution >= 0.6 is 0 Å². The highest BCUT2D eigenvalue weighted by Crippen LogP contribution is 2.17. The smallest absolute Gasteiger partial charge is 0.308 e. The molecule has 0 fully saturated rings. The Morgan fingerprint density at radius 3 is 2.32 bits per heavy atom. The number of aryl methyl sites for hydroxylation is 2. The van der Waals surface area contributed by atoms with Gasteiger partial charge in [-0.25, -0.2) is 14.4 Å². The van der Waals surface area contributed by atoms with Crippen LogP contribution in [-0.4, -0.2) is 41.0 Å². The molecule has 0 radical (unpaired) electrons. The molecule has 0 saturated heterocycles. The number of nitrogens with zero attached hydrogens (tertiary/aromatic N) is 3. The second kappa shape index (κ2) is 9.80. The van der Waals surface area contributed by atoms with Crippen molar-refractivity contribution in [1.29, 1.82) is 0 Å². The Labute approximate surface area is 179 Å². The zero-order chi connectivity index (χ0) is 22.4. The van der Waals surface area contributed by atoms with E-state index in [1.54, 1.807) is 23.2 Å². The van der Waals surface area contributed by atoms with Crippen LogP contribution in [0.2, 0.25) is 0 Å². The number of nitrogens with one attached hydrogen (secondary N) is 1. The van der Waals surface area contributed by atoms with Crippen molar-refractivity contribution < 1.29 is 19.1 Å². The fourth-order valence-corrected chi connectivity index (χ4v) is 3.04. The first-order valence-electron chi connectivity index (χ1n) is 9.71. The highest BCUT2D eigenvalue weighted by molar-refractivity contribution is 6.04. The van der Waals surface area contributed by atoms with E-state index in [0.717, 1.165) is 5.56 Å². The largest absolute Gasteiger partial charge is 0.481 e. The maximum atomic E-state index is 13.0. The molecule has 160 valence electrons. The SMILES string of the molecule is CN(C)c1nc(CCc2ccc(NC(=O)c3ccc(F)cc3)cc2)ncc1CC(=O)O. The molecule has 0 bridgehead atoms. The van der Waals surface area contributed by atoms with E-state index in [1.807, 2.05) is 26.2 Å². The summed E-state index contributed by atoms with van der Waals surface area (Å²) >= 11 is 0. The summed E-state index contributed by atoms with van der Waals surface area (Å²) in [5.41, 5.74) is 2.64. The lowest BCUT2D eigenvalue weighted by atomic mass is 10.1. The predicted molar refractivity (Wildman–Crippen MR) is 116 cm³/mol. The number of halogens is 1. The second-order valence-corrected chi connectivity index (χ2v) is 7.26. The van der Waals surface area contributed by atoms with Crippen molar-refractivity contribution in [2.45, 2.75) is 19.3 Å². The highest BCUT2D eigenvalue weighted by atomic mass is 19.1. The van der Waals surface area contributed by atoms with Crippen LogP contribution in [0.1, 0.15) is 27.3 Å². The van der Waals surface area contributed by atoms with Gasteiger partial charge in [-0.2, -0.15) is 0 Å². The number of carbonyl (C=O) groups excluding carboxylic acids is 1. The quantitative estimate of drug-likeness (QED) is 0.578. The normalized spacial score (nSPS) is 10.5. The van der Waals surface area contributed by atoms with Gasteiger partial charge in [0.1, 0.15) is 17.5 Å². The summed E-state index contributed by atoms with van der Waals surface area (Å²) in [6.45, 7) is 0. The number of hydrogen-bond donors (Lipinski definition) is 2. The van der Waals surface area contributed by atoms with Gasteiger partial charge in [-0.3, -0.25) is 9.59 Å². The van der Waals surface area contributed by atoms with Gasteiger partial charge in [0.15, 0.2) is 0 Å². The Bertz CT molecular complexity index is 1070. The number of rotatable bonds is 8. The molecule has 8 heteroatoms. The summed E-state index contributed by atoms with van der Waals surface area (Å²) in [5, 5.41) is 11.8. The number of anilines is 2. The average molecular weight is 422 g/mol. The summed E-state index contributed by atoms with van der Waals surface area (Å²) in [6, 6.07) is 12.8. The minimum Gasteiger partial charge on any atom is -0.481 e. The molecule has 1 aromatic heterocycles. The molecule has 31 heavy (non-hydrogen) atoms. The predicted octanol–water partition coefficient (Wildman–Crippen LogP) is 3.35. The topological polar surface area (TPSA) is 95.4 Å². The third-order valence-electron chi connectivity index (χ3n) is 4.61. The molecule has 2 N–H and O–H groups in total. The Balaban J connectivity index is 1.61. The lowest BCUT2D eigenvalue weighted by molar-refractivity contribution is -0.136. The van der Waals surface area contributed by atoms with Crippen molar-refractivity contribution in [2.24, 2.45) is 0 Å². The molecule has 0 saturated carbocycles. The van der Waals surface area contributed by atoms with Crippen LogP contribution in [0.25, 0.3) is 0 Å². The maximum Gasteiger partial charge on any atom is 0.308 e. The molecule has 0 aliphatic heterocycles. The fraction of sp³-hybridized carbons (Fsp3) is 0.217. The van der Waals surface area contributed by atoms with Crippen molar-refractivity contribution in [3.63, 3.8) is 0 Å². The van der Waals surface area contributed by atoms with Gasteiger partial charge in [0, 0.05) is 43.5 Å². The van der Waals surface area contributed by atoms with Gasteiger partial charge in [0.05, 0.1) is 6.42 Å². The molecule has 0 unspecified atom stereocenters. The zero-order valence-corrected chi connectivity index (χ0v) is 17.3. The molecular formula is C23H23FN4O3. The van der Waals surface area contributed by atoms with Crippen molar-refractivity contribution in [2.75, 3.05) is 24.3 Å². The summed E-state index contributed by atoms with van der Waals surface area (Å²) < 4.78 is 13.0. The van der Waals surface area contributed by atoms with Crippen molar-refractivity contribution in [3.05, 3.63) is 83.1 Å². The van der Waals surface area contributed by atoms with Crippen molar-refractivity contribution in [1.82, 2.24) is 9.97 Å². The van der Waals surface area contributed by atoms with Gasteiger partial charge in [-0.05, 0) is 48.4 Å². The van der Waals surface area contributed by atoms with Crippen LogP contribution in [0.3, 0.4) is 0 Å². The number of carboxylic acid groups (broad SMARTS) is 1. The van der Waals surface area contributed by atoms with Crippen LogP contribution in [0.4, 0.5) is 15.9 Å². The summed E-state index contributed by atoms with van der Waals surface area (Å²) in [7, 11) is 3.63. The monoisotopic (exact) mass is 422 g/mol. The minimum absolute atomic E-state index is 0.126. The fourth-order valence-electron chi connectivity index (χ4n) is 3.04. The Morgan fingerprint density at radius 2 is 1.71 bits per heavy atom. The van der Waals surface area contributed by atoms with Crippen LogP contribution in [0.15, 0.2) is 54.7 Å². The van der Waals surface area contributed by atoms with Gasteiger partial charge in [0.2, 0.25) is 0 Å². The number of aliphatic carboxylic acids is 1. The lowest BCUT2D eigenvalue weighted by Crippen LogP contribution is -2.17. The van der Waals surface area contributed by atoms with Gasteiger partial charge in [-0.1, -0.05) is 12.1 Å². The van der Waals surface area contributed by atoms with Gasteiger partial charge in [0.25, 0.3) is 5.91 Å². The molecule has 0 atom stereocenters. The van der Waals surface area contributed by atoms with E-state index in [0.29, 0.717) is 41.3 Å². The van der Waals surface area contributed by atoms with Crippen molar-refractivity contribution >= 4 is 23.4 Å². The summed E-state index contributed by atoms with van der Waals surface area (Å²) in [5.74, 6) is -0.387. The molecule has 0 aliphatic carbocycles. The van der Waals surface area contributed by atoms with Crippen molar-refractivity contribution in [3.8, 4) is 0 Å². The summed E-state index contributed by atoms with van der Waals surface area (Å²) in [6.07, 6.45) is 2.73. The lowest BCUT2D eigenvalue weighted by Gasteiger charge is -2.16. The number of hydrogen-bond acceptors (Lipinski definition) is 5. The number of aromatic nitrogens is 2. The first kappa shape index (κ1) is 21.9. The second-order valence-electron chi connectivity index (χ2n) is 7.26. The number of amides is 1. The first-order chi connectivity index (χ1) is 14.8. The van der Waals surface area contributed by atoms with Gasteiger partial charge >= 0.3 is 5.97 Å². The molecular weight excluding hydrogens is 399 g/mol. The van der Waals surface area contributed by atoms with Crippen LogP contribution in [0.5, 0.6) is 0 Å². The summed E-state index contributed by atoms with van der Waals surface area (Å²) in [4.78, 5) is 33.8. The van der Waals surface area contributed by atoms with Crippen LogP contribution in [-0.2, 0) is 24.1 Å². The van der Waals surface area contributed by atoms with E-state index >= 15 is 0 Å². The molecule has 1 amide bonds. The van der Waals surface area contributed by atoms with Gasteiger partial charge in [-0.15, -0.1) is 0 Å². The molecule has 0 spiro atoms. The molecule has 3 rings (SSSR count). The van der Waals surface area contributed by atoms with E-state index < -0.39 is 5.97 Å². The molecule has 1 heterocycles. The number of carbonyl (C=O) groups is 2. The van der Waals surface area contributed by atoms with Gasteiger partial charge < -0.3 is 15.3 Å². The Hall–Kier alpha value is -3.81. The molecule has 3 aromatic rings. The Kier molecular flexibility index (Phi) is 6.92. The third kappa shape index (κ3) is 6.08. The molecule has 2 aromatic carbocycles. The van der Waals surface area contributed by atoms with E-state index in [4.69, 9.17) is 5.11 Å². The minimum atomic E-state index is -0.925. The zero-order valence-electron chi connectivity index (χ0n) is 17.3. The maximum absolute atomic E-state index is 13.0. The third-order valence-corrected chi connectivity index (χ3v) is 4.61. The number of benzene rings is 2. The average Bonchev–Trinajstić information content (AvgIpc) is 2.74.